The number of aromatic amines is 1. The first-order valence-electron chi connectivity index (χ1n) is 12.1. The van der Waals surface area contributed by atoms with E-state index in [0.717, 1.165) is 12.1 Å². The number of piperidine rings is 1. The topological polar surface area (TPSA) is 97.9 Å². The Morgan fingerprint density at radius 3 is 2.97 bits per heavy atom. The molecule has 5 heterocycles. The van der Waals surface area contributed by atoms with Gasteiger partial charge in [0.05, 0.1) is 45.8 Å². The monoisotopic (exact) mass is 485 g/mol. The van der Waals surface area contributed by atoms with E-state index in [9.17, 15) is 8.78 Å². The molecule has 1 aromatic carbocycles. The van der Waals surface area contributed by atoms with E-state index in [-0.39, 0.29) is 24.2 Å². The van der Waals surface area contributed by atoms with Crippen LogP contribution in [-0.4, -0.2) is 92.8 Å². The Balaban J connectivity index is 1.38. The predicted octanol–water partition coefficient (Wildman–Crippen LogP) is 1.76. The van der Waals surface area contributed by atoms with E-state index in [1.807, 2.05) is 12.1 Å². The van der Waals surface area contributed by atoms with Crippen molar-refractivity contribution in [1.82, 2.24) is 34.5 Å². The maximum atomic E-state index is 15.0. The highest BCUT2D eigenvalue weighted by Crippen LogP contribution is 2.31. The number of hydrogen-bond acceptors (Lipinski definition) is 7. The molecule has 2 fully saturated rings. The number of hydrogen-bond donors (Lipinski definition) is 1. The van der Waals surface area contributed by atoms with Crippen LogP contribution in [0, 0.1) is 0 Å². The van der Waals surface area contributed by atoms with Gasteiger partial charge < -0.3 is 9.47 Å². The number of H-pyrrole nitrogens is 1. The lowest BCUT2D eigenvalue weighted by molar-refractivity contribution is -0.0803. The van der Waals surface area contributed by atoms with Crippen LogP contribution in [0.15, 0.2) is 35.4 Å². The summed E-state index contributed by atoms with van der Waals surface area (Å²) in [5.74, 6) is 0.260. The highest BCUT2D eigenvalue weighted by Gasteiger charge is 2.35. The van der Waals surface area contributed by atoms with E-state index in [0.29, 0.717) is 54.3 Å². The second-order valence-corrected chi connectivity index (χ2v) is 8.82. The number of halogens is 2. The molecular weight excluding hydrogens is 458 g/mol. The van der Waals surface area contributed by atoms with Gasteiger partial charge >= 0.3 is 0 Å². The average Bonchev–Trinajstić information content (AvgIpc) is 3.40. The van der Waals surface area contributed by atoms with Crippen molar-refractivity contribution in [2.45, 2.75) is 31.2 Å². The van der Waals surface area contributed by atoms with Gasteiger partial charge in [0.25, 0.3) is 0 Å². The Morgan fingerprint density at radius 1 is 1.34 bits per heavy atom. The zero-order chi connectivity index (χ0) is 24.8. The Hall–Kier alpha value is -3.38. The number of benzene rings is 1. The van der Waals surface area contributed by atoms with E-state index in [2.05, 4.69) is 30.3 Å². The molecule has 10 nitrogen and oxygen atoms in total. The van der Waals surface area contributed by atoms with E-state index in [1.165, 1.54) is 16.3 Å². The number of aromatic nitrogens is 6. The minimum absolute atomic E-state index is 0.104. The molecule has 0 aliphatic carbocycles. The van der Waals surface area contributed by atoms with Gasteiger partial charge in [0.1, 0.15) is 23.9 Å². The molecule has 3 aromatic heterocycles. The number of rotatable bonds is 6. The number of fused-ring (bicyclic) bond motifs is 2. The van der Waals surface area contributed by atoms with Crippen LogP contribution in [0.5, 0.6) is 5.88 Å². The van der Waals surface area contributed by atoms with Crippen LogP contribution in [0.3, 0.4) is 0 Å². The minimum Gasteiger partial charge on any atom is -0.479 e. The standard InChI is InChI=1S/C23H26F2N8O2/c1-34-22-21-16(14-2-3-19-20(10-14)32(9-6-24)30-28-19)4-8-33(21)29-23(27-22)26-18-5-7-31(11-17(18)25)15-12-35-13-15/h2-4,8,10,15,17-18H,5-7,9,11-13H2,1H3,(H,26,29)/t17-,18+/m1/s1/i8D. The fraction of sp³-hybridized carbons (Fsp3) is 0.478. The lowest BCUT2D eigenvalue weighted by Gasteiger charge is -2.41. The quantitative estimate of drug-likeness (QED) is 0.447. The van der Waals surface area contributed by atoms with Crippen LogP contribution >= 0.6 is 0 Å². The number of aryl methyl sites for hydroxylation is 1. The third-order valence-electron chi connectivity index (χ3n) is 6.72. The number of nitrogens with one attached hydrogen (secondary N) is 1. The molecule has 2 saturated heterocycles. The fourth-order valence-corrected chi connectivity index (χ4v) is 4.74. The summed E-state index contributed by atoms with van der Waals surface area (Å²) in [7, 11) is 1.49. The molecule has 12 heteroatoms. The number of likely N-dealkylation sites (tertiary alicyclic amines) is 1. The van der Waals surface area contributed by atoms with Gasteiger partial charge in [-0.25, -0.2) is 18.5 Å². The SMILES string of the molecule is [2H]c1cc(-c2ccc3nnn(CCF)c3c2)c2c(OC)nc(=N[C@H]3CCN(C4COC4)C[C@H]3F)[nH]n12. The minimum atomic E-state index is -1.12. The number of methoxy groups -OCH3 is 1. The Morgan fingerprint density at radius 2 is 2.23 bits per heavy atom. The zero-order valence-electron chi connectivity index (χ0n) is 20.2. The molecule has 6 rings (SSSR count). The molecule has 0 bridgehead atoms. The summed E-state index contributed by atoms with van der Waals surface area (Å²) >= 11 is 0. The lowest BCUT2D eigenvalue weighted by atomic mass is 10.0. The van der Waals surface area contributed by atoms with Crippen LogP contribution in [0.4, 0.5) is 8.78 Å². The fourth-order valence-electron chi connectivity index (χ4n) is 4.74. The first kappa shape index (κ1) is 20.9. The van der Waals surface area contributed by atoms with Gasteiger partial charge in [-0.2, -0.15) is 4.98 Å². The normalized spacial score (nSPS) is 22.6. The van der Waals surface area contributed by atoms with Crippen molar-refractivity contribution in [2.75, 3.05) is 40.1 Å². The van der Waals surface area contributed by atoms with E-state index >= 15 is 0 Å². The number of alkyl halides is 2. The van der Waals surface area contributed by atoms with Crippen molar-refractivity contribution in [3.05, 3.63) is 36.1 Å². The molecular formula is C23H26F2N8O2. The molecule has 2 aliphatic rings. The smallest absolute Gasteiger partial charge is 0.243 e. The van der Waals surface area contributed by atoms with Gasteiger partial charge in [0.2, 0.25) is 11.5 Å². The van der Waals surface area contributed by atoms with Crippen LogP contribution in [0.2, 0.25) is 0 Å². The van der Waals surface area contributed by atoms with Gasteiger partial charge in [-0.15, -0.1) is 5.10 Å². The van der Waals surface area contributed by atoms with E-state index in [4.69, 9.17) is 10.8 Å². The maximum absolute atomic E-state index is 15.0. The zero-order valence-corrected chi connectivity index (χ0v) is 19.2. The predicted molar refractivity (Wildman–Crippen MR) is 124 cm³/mol. The van der Waals surface area contributed by atoms with Crippen molar-refractivity contribution in [3.8, 4) is 17.0 Å². The summed E-state index contributed by atoms with van der Waals surface area (Å²) in [5.41, 5.74) is 3.55. The molecule has 0 unspecified atom stereocenters. The molecule has 0 amide bonds. The molecule has 1 N–H and O–H groups in total. The second kappa shape index (κ2) is 9.00. The first-order chi connectivity index (χ1) is 17.6. The highest BCUT2D eigenvalue weighted by atomic mass is 19.1. The molecule has 0 saturated carbocycles. The summed E-state index contributed by atoms with van der Waals surface area (Å²) in [6.45, 7) is 1.92. The Labute approximate surface area is 200 Å². The summed E-state index contributed by atoms with van der Waals surface area (Å²) in [4.78, 5) is 11.2. The molecule has 2 aliphatic heterocycles. The van der Waals surface area contributed by atoms with E-state index < -0.39 is 18.9 Å². The van der Waals surface area contributed by atoms with E-state index in [1.54, 1.807) is 12.1 Å². The number of ether oxygens (including phenoxy) is 2. The third-order valence-corrected chi connectivity index (χ3v) is 6.72. The summed E-state index contributed by atoms with van der Waals surface area (Å²) < 4.78 is 50.3. The van der Waals surface area contributed by atoms with Gasteiger partial charge in [-0.1, -0.05) is 11.3 Å². The van der Waals surface area contributed by atoms with Crippen LogP contribution in [-0.2, 0) is 11.3 Å². The molecule has 0 radical (unpaired) electrons. The summed E-state index contributed by atoms with van der Waals surface area (Å²) in [6.07, 6.45) is -0.399. The summed E-state index contributed by atoms with van der Waals surface area (Å²) in [6, 6.07) is 6.95. The number of nitrogens with zero attached hydrogens (tertiary/aromatic N) is 7. The molecule has 35 heavy (non-hydrogen) atoms. The van der Waals surface area contributed by atoms with Gasteiger partial charge in [-0.3, -0.25) is 14.5 Å². The molecule has 2 atom stereocenters. The highest BCUT2D eigenvalue weighted by molar-refractivity contribution is 5.89. The molecule has 184 valence electrons. The van der Waals surface area contributed by atoms with Crippen LogP contribution < -0.4 is 10.4 Å². The van der Waals surface area contributed by atoms with Crippen molar-refractivity contribution in [1.29, 1.82) is 0 Å². The summed E-state index contributed by atoms with van der Waals surface area (Å²) in [5, 5.41) is 11.1. The van der Waals surface area contributed by atoms with Crippen LogP contribution in [0.1, 0.15) is 7.79 Å². The average molecular weight is 486 g/mol. The first-order valence-corrected chi connectivity index (χ1v) is 11.6. The lowest BCUT2D eigenvalue weighted by Crippen LogP contribution is -2.55. The van der Waals surface area contributed by atoms with Crippen molar-refractivity contribution < 1.29 is 19.6 Å². The molecule has 0 spiro atoms. The van der Waals surface area contributed by atoms with Crippen molar-refractivity contribution in [2.24, 2.45) is 4.99 Å². The second-order valence-electron chi connectivity index (χ2n) is 8.82. The van der Waals surface area contributed by atoms with Gasteiger partial charge in [-0.05, 0) is 30.2 Å². The largest absolute Gasteiger partial charge is 0.479 e. The third kappa shape index (κ3) is 3.96. The van der Waals surface area contributed by atoms with Gasteiger partial charge in [0, 0.05) is 24.8 Å². The van der Waals surface area contributed by atoms with Crippen molar-refractivity contribution >= 4 is 16.6 Å². The van der Waals surface area contributed by atoms with Crippen molar-refractivity contribution in [3.63, 3.8) is 0 Å². The van der Waals surface area contributed by atoms with Crippen LogP contribution in [0.25, 0.3) is 27.7 Å². The maximum Gasteiger partial charge on any atom is 0.243 e. The Bertz CT molecular complexity index is 1480. The Kier molecular flexibility index (Phi) is 5.39. The van der Waals surface area contributed by atoms with Gasteiger partial charge in [0.15, 0.2) is 0 Å². The molecule has 4 aromatic rings.